The number of halogens is 2. The van der Waals surface area contributed by atoms with E-state index in [-0.39, 0.29) is 18.1 Å². The highest BCUT2D eigenvalue weighted by Gasteiger charge is 2.18. The van der Waals surface area contributed by atoms with Crippen LogP contribution in [0.25, 0.3) is 0 Å². The fourth-order valence-corrected chi connectivity index (χ4v) is 3.07. The summed E-state index contributed by atoms with van der Waals surface area (Å²) in [7, 11) is 4.45. The van der Waals surface area contributed by atoms with Gasteiger partial charge in [-0.05, 0) is 30.9 Å². The van der Waals surface area contributed by atoms with Gasteiger partial charge in [0.2, 0.25) is 5.78 Å². The summed E-state index contributed by atoms with van der Waals surface area (Å²) in [5.74, 6) is 0.289. The SMILES string of the molecule is CC.COCC(=O)c1nc(Br)cc(SI)c1OC. The number of hydrogen-bond acceptors (Lipinski definition) is 5. The predicted octanol–water partition coefficient (Wildman–Crippen LogP) is 4.15. The summed E-state index contributed by atoms with van der Waals surface area (Å²) in [6, 6.07) is 1.81. The molecule has 1 aromatic rings. The number of pyridine rings is 1. The molecule has 0 unspecified atom stereocenters. The first-order valence-electron chi connectivity index (χ1n) is 5.19. The van der Waals surface area contributed by atoms with Crippen molar-refractivity contribution in [2.45, 2.75) is 18.7 Å². The predicted molar refractivity (Wildman–Crippen MR) is 85.9 cm³/mol. The number of nitrogens with zero attached hydrogens (tertiary/aromatic N) is 1. The van der Waals surface area contributed by atoms with Gasteiger partial charge < -0.3 is 9.47 Å². The van der Waals surface area contributed by atoms with Gasteiger partial charge in [-0.15, -0.1) is 0 Å². The normalized spacial score (nSPS) is 9.44. The molecule has 1 rings (SSSR count). The van der Waals surface area contributed by atoms with Crippen LogP contribution in [0.4, 0.5) is 0 Å². The molecule has 1 aromatic heterocycles. The van der Waals surface area contributed by atoms with E-state index in [0.717, 1.165) is 4.90 Å². The van der Waals surface area contributed by atoms with Crippen LogP contribution < -0.4 is 4.74 Å². The second-order valence-corrected chi connectivity index (χ2v) is 5.49. The number of hydrogen-bond donors (Lipinski definition) is 0. The Bertz CT molecular complexity index is 404. The third kappa shape index (κ3) is 5.02. The van der Waals surface area contributed by atoms with Gasteiger partial charge in [0.25, 0.3) is 0 Å². The van der Waals surface area contributed by atoms with E-state index in [1.807, 2.05) is 13.8 Å². The lowest BCUT2D eigenvalue weighted by Crippen LogP contribution is -2.11. The molecule has 0 atom stereocenters. The van der Waals surface area contributed by atoms with Gasteiger partial charge in [-0.1, -0.05) is 13.8 Å². The zero-order chi connectivity index (χ0) is 14.1. The van der Waals surface area contributed by atoms with E-state index in [4.69, 9.17) is 9.47 Å². The Morgan fingerprint density at radius 2 is 2.11 bits per heavy atom. The minimum atomic E-state index is -0.202. The van der Waals surface area contributed by atoms with E-state index in [2.05, 4.69) is 42.1 Å². The van der Waals surface area contributed by atoms with Crippen molar-refractivity contribution in [3.63, 3.8) is 0 Å². The van der Waals surface area contributed by atoms with Crippen molar-refractivity contribution in [2.75, 3.05) is 20.8 Å². The molecule has 4 nitrogen and oxygen atoms in total. The molecule has 7 heteroatoms. The number of carbonyl (C=O) groups excluding carboxylic acids is 1. The van der Waals surface area contributed by atoms with Crippen molar-refractivity contribution in [3.05, 3.63) is 16.4 Å². The molecule has 18 heavy (non-hydrogen) atoms. The van der Waals surface area contributed by atoms with Crippen LogP contribution in [0.1, 0.15) is 24.3 Å². The van der Waals surface area contributed by atoms with E-state index in [1.165, 1.54) is 23.2 Å². The molecule has 0 aliphatic rings. The van der Waals surface area contributed by atoms with Crippen molar-refractivity contribution in [1.82, 2.24) is 4.98 Å². The summed E-state index contributed by atoms with van der Waals surface area (Å²) in [5, 5.41) is 0. The molecule has 0 aromatic carbocycles. The number of aromatic nitrogens is 1. The number of Topliss-reactive ketones (excluding diaryl/α,β-unsaturated/α-hetero) is 1. The maximum Gasteiger partial charge on any atom is 0.210 e. The van der Waals surface area contributed by atoms with Crippen LogP contribution in [0.15, 0.2) is 15.6 Å². The van der Waals surface area contributed by atoms with Crippen LogP contribution >= 0.6 is 46.1 Å². The molecule has 0 radical (unpaired) electrons. The monoisotopic (exact) mass is 447 g/mol. The molecule has 102 valence electrons. The van der Waals surface area contributed by atoms with Crippen molar-refractivity contribution >= 4 is 51.9 Å². The summed E-state index contributed by atoms with van der Waals surface area (Å²) in [4.78, 5) is 16.7. The van der Waals surface area contributed by atoms with E-state index in [0.29, 0.717) is 10.4 Å². The Morgan fingerprint density at radius 3 is 2.56 bits per heavy atom. The first kappa shape index (κ1) is 18.1. The van der Waals surface area contributed by atoms with Crippen LogP contribution in [0, 0.1) is 0 Å². The highest BCUT2D eigenvalue weighted by molar-refractivity contribution is 14.2. The number of carbonyl (C=O) groups is 1. The summed E-state index contributed by atoms with van der Waals surface area (Å²) in [5.41, 5.74) is 0.290. The largest absolute Gasteiger partial charge is 0.493 e. The van der Waals surface area contributed by atoms with Crippen molar-refractivity contribution in [1.29, 1.82) is 0 Å². The van der Waals surface area contributed by atoms with E-state index >= 15 is 0 Å². The van der Waals surface area contributed by atoms with Gasteiger partial charge in [0.15, 0.2) is 11.4 Å². The van der Waals surface area contributed by atoms with E-state index in [9.17, 15) is 4.79 Å². The quantitative estimate of drug-likeness (QED) is 0.385. The second-order valence-electron chi connectivity index (χ2n) is 2.76. The highest BCUT2D eigenvalue weighted by Crippen LogP contribution is 2.37. The summed E-state index contributed by atoms with van der Waals surface area (Å²) in [6.07, 6.45) is 0. The number of ether oxygens (including phenoxy) is 2. The van der Waals surface area contributed by atoms with Crippen molar-refractivity contribution in [2.24, 2.45) is 0 Å². The second kappa shape index (κ2) is 9.99. The molecule has 0 N–H and O–H groups in total. The molecule has 0 saturated heterocycles. The molecule has 0 aliphatic heterocycles. The fraction of sp³-hybridized carbons (Fsp3) is 0.455. The lowest BCUT2D eigenvalue weighted by atomic mass is 10.2. The molecule has 0 saturated carbocycles. The minimum absolute atomic E-state index is 0.00876. The molecule has 0 fully saturated rings. The van der Waals surface area contributed by atoms with Crippen molar-refractivity contribution in [3.8, 4) is 5.75 Å². The smallest absolute Gasteiger partial charge is 0.210 e. The number of rotatable bonds is 5. The van der Waals surface area contributed by atoms with Crippen molar-refractivity contribution < 1.29 is 14.3 Å². The molecule has 0 bridgehead atoms. The molecule has 1 heterocycles. The van der Waals surface area contributed by atoms with Gasteiger partial charge in [0, 0.05) is 28.3 Å². The van der Waals surface area contributed by atoms with Gasteiger partial charge in [0.1, 0.15) is 11.2 Å². The lowest BCUT2D eigenvalue weighted by Gasteiger charge is -2.10. The van der Waals surface area contributed by atoms with Crippen LogP contribution in [-0.2, 0) is 4.74 Å². The Labute approximate surface area is 132 Å². The maximum absolute atomic E-state index is 11.7. The Morgan fingerprint density at radius 1 is 1.50 bits per heavy atom. The minimum Gasteiger partial charge on any atom is -0.493 e. The zero-order valence-electron chi connectivity index (χ0n) is 10.6. The van der Waals surface area contributed by atoms with Crippen LogP contribution in [0.5, 0.6) is 5.75 Å². The van der Waals surface area contributed by atoms with Gasteiger partial charge >= 0.3 is 0 Å². The first-order chi connectivity index (χ1) is 8.63. The fourth-order valence-electron chi connectivity index (χ4n) is 1.12. The molecule has 0 amide bonds. The molecular formula is C11H15BrINO3S. The van der Waals surface area contributed by atoms with Gasteiger partial charge in [0.05, 0.1) is 12.0 Å². The Hall–Kier alpha value is 0.140. The third-order valence-corrected chi connectivity index (χ3v) is 4.03. The first-order valence-corrected chi connectivity index (χ1v) is 9.34. The number of methoxy groups -OCH3 is 2. The lowest BCUT2D eigenvalue weighted by molar-refractivity contribution is 0.0839. The van der Waals surface area contributed by atoms with Crippen LogP contribution in [0.2, 0.25) is 0 Å². The molecular weight excluding hydrogens is 433 g/mol. The Balaban J connectivity index is 0.00000137. The summed E-state index contributed by atoms with van der Waals surface area (Å²) in [6.45, 7) is 3.99. The average molecular weight is 448 g/mol. The van der Waals surface area contributed by atoms with Crippen LogP contribution in [0.3, 0.4) is 0 Å². The average Bonchev–Trinajstić information content (AvgIpc) is 2.40. The summed E-state index contributed by atoms with van der Waals surface area (Å²) >= 11 is 5.39. The Kier molecular flexibility index (Phi) is 10.1. The molecule has 0 spiro atoms. The zero-order valence-corrected chi connectivity index (χ0v) is 15.2. The van der Waals surface area contributed by atoms with E-state index < -0.39 is 0 Å². The van der Waals surface area contributed by atoms with E-state index in [1.54, 1.807) is 6.07 Å². The maximum atomic E-state index is 11.7. The van der Waals surface area contributed by atoms with Crippen LogP contribution in [-0.4, -0.2) is 31.6 Å². The standard InChI is InChI=1S/C9H9BrINO3S.C2H6/c1-14-4-5(13)8-9(15-2)6(16-11)3-7(10)12-8;1-2/h3H,4H2,1-2H3;1-2H3. The topological polar surface area (TPSA) is 48.4 Å². The highest BCUT2D eigenvalue weighted by atomic mass is 127. The third-order valence-electron chi connectivity index (χ3n) is 1.73. The van der Waals surface area contributed by atoms with Gasteiger partial charge in [-0.2, -0.15) is 0 Å². The number of ketones is 1. The molecule has 0 aliphatic carbocycles. The summed E-state index contributed by atoms with van der Waals surface area (Å²) < 4.78 is 10.6. The van der Waals surface area contributed by atoms with Gasteiger partial charge in [-0.3, -0.25) is 4.79 Å². The van der Waals surface area contributed by atoms with Gasteiger partial charge in [-0.25, -0.2) is 4.98 Å².